The summed E-state index contributed by atoms with van der Waals surface area (Å²) in [6, 6.07) is 15.1. The minimum Gasteiger partial charge on any atom is -0.361 e. The zero-order valence-corrected chi connectivity index (χ0v) is 13.7. The first-order valence-corrected chi connectivity index (χ1v) is 8.13. The maximum absolute atomic E-state index is 12.8. The highest BCUT2D eigenvalue weighted by atomic mass is 79.9. The fourth-order valence-corrected chi connectivity index (χ4v) is 3.53. The van der Waals surface area contributed by atoms with Crippen LogP contribution in [0.25, 0.3) is 10.9 Å². The number of aromatic nitrogens is 1. The van der Waals surface area contributed by atoms with Gasteiger partial charge in [-0.15, -0.1) is 0 Å². The number of carbonyl (C=O) groups excluding carboxylic acids is 2. The largest absolute Gasteiger partial charge is 0.361 e. The van der Waals surface area contributed by atoms with E-state index in [1.54, 1.807) is 12.1 Å². The number of hydrogen-bond acceptors (Lipinski definition) is 2. The van der Waals surface area contributed by atoms with E-state index in [1.807, 2.05) is 42.6 Å². The third-order valence-corrected chi connectivity index (χ3v) is 4.70. The topological polar surface area (TPSA) is 53.2 Å². The summed E-state index contributed by atoms with van der Waals surface area (Å²) in [6.07, 6.45) is 2.04. The second kappa shape index (κ2) is 5.35. The predicted molar refractivity (Wildman–Crippen MR) is 92.3 cm³/mol. The number of H-pyrrole nitrogens is 1. The molecule has 1 fully saturated rings. The molecule has 1 aromatic heterocycles. The fourth-order valence-electron chi connectivity index (χ4n) is 3.14. The van der Waals surface area contributed by atoms with E-state index in [0.717, 1.165) is 20.9 Å². The van der Waals surface area contributed by atoms with Gasteiger partial charge in [-0.2, -0.15) is 0 Å². The number of benzene rings is 2. The highest BCUT2D eigenvalue weighted by molar-refractivity contribution is 9.10. The second-order valence-corrected chi connectivity index (χ2v) is 6.51. The van der Waals surface area contributed by atoms with Gasteiger partial charge in [0, 0.05) is 28.0 Å². The summed E-state index contributed by atoms with van der Waals surface area (Å²) in [4.78, 5) is 29.7. The Bertz CT molecular complexity index is 931. The maximum Gasteiger partial charge on any atom is 0.241 e. The molecule has 3 aromatic rings. The minimum atomic E-state index is -0.433. The first-order chi connectivity index (χ1) is 11.1. The molecule has 4 rings (SSSR count). The van der Waals surface area contributed by atoms with Gasteiger partial charge < -0.3 is 4.98 Å². The Hall–Kier alpha value is -2.40. The van der Waals surface area contributed by atoms with Crippen molar-refractivity contribution in [3.8, 4) is 0 Å². The molecule has 0 bridgehead atoms. The van der Waals surface area contributed by atoms with Gasteiger partial charge in [0.05, 0.1) is 11.6 Å². The molecule has 1 atom stereocenters. The summed E-state index contributed by atoms with van der Waals surface area (Å²) in [6.45, 7) is 0. The van der Waals surface area contributed by atoms with Crippen LogP contribution < -0.4 is 4.90 Å². The SMILES string of the molecule is O=C1CC(c2c[nH]c3ccccc23)C(=O)N1c1cccc(Br)c1. The van der Waals surface area contributed by atoms with E-state index in [2.05, 4.69) is 20.9 Å². The molecule has 0 spiro atoms. The molecule has 1 unspecified atom stereocenters. The van der Waals surface area contributed by atoms with E-state index >= 15 is 0 Å². The van der Waals surface area contributed by atoms with Gasteiger partial charge in [0.15, 0.2) is 0 Å². The van der Waals surface area contributed by atoms with Gasteiger partial charge in [-0.05, 0) is 29.8 Å². The minimum absolute atomic E-state index is 0.164. The van der Waals surface area contributed by atoms with E-state index in [9.17, 15) is 9.59 Å². The molecule has 0 radical (unpaired) electrons. The Morgan fingerprint density at radius 1 is 1.09 bits per heavy atom. The van der Waals surface area contributed by atoms with Crippen molar-refractivity contribution in [2.75, 3.05) is 4.90 Å². The van der Waals surface area contributed by atoms with Crippen LogP contribution in [0.3, 0.4) is 0 Å². The molecule has 1 saturated heterocycles. The molecule has 2 aromatic carbocycles. The van der Waals surface area contributed by atoms with E-state index in [4.69, 9.17) is 0 Å². The standard InChI is InChI=1S/C18H13BrN2O2/c19-11-4-3-5-12(8-11)21-17(22)9-14(18(21)23)15-10-20-16-7-2-1-6-13(15)16/h1-8,10,14,20H,9H2. The van der Waals surface area contributed by atoms with Crippen molar-refractivity contribution in [3.05, 3.63) is 64.8 Å². The molecule has 0 saturated carbocycles. The number of rotatable bonds is 2. The lowest BCUT2D eigenvalue weighted by atomic mass is 9.97. The number of hydrogen-bond donors (Lipinski definition) is 1. The Balaban J connectivity index is 1.75. The number of nitrogens with zero attached hydrogens (tertiary/aromatic N) is 1. The van der Waals surface area contributed by atoms with Crippen molar-refractivity contribution in [2.45, 2.75) is 12.3 Å². The van der Waals surface area contributed by atoms with Crippen LogP contribution in [0.2, 0.25) is 0 Å². The number of anilines is 1. The molecule has 4 nitrogen and oxygen atoms in total. The molecule has 2 heterocycles. The molecular formula is C18H13BrN2O2. The normalized spacial score (nSPS) is 18.1. The third kappa shape index (κ3) is 2.28. The van der Waals surface area contributed by atoms with Crippen LogP contribution in [-0.4, -0.2) is 16.8 Å². The summed E-state index contributed by atoms with van der Waals surface area (Å²) in [5.74, 6) is -0.765. The molecule has 114 valence electrons. The Morgan fingerprint density at radius 2 is 1.91 bits per heavy atom. The van der Waals surface area contributed by atoms with Gasteiger partial charge in [0.25, 0.3) is 0 Å². The summed E-state index contributed by atoms with van der Waals surface area (Å²) in [5.41, 5.74) is 2.47. The van der Waals surface area contributed by atoms with E-state index in [-0.39, 0.29) is 18.2 Å². The lowest BCUT2D eigenvalue weighted by Crippen LogP contribution is -2.29. The Morgan fingerprint density at radius 3 is 2.74 bits per heavy atom. The lowest BCUT2D eigenvalue weighted by molar-refractivity contribution is -0.121. The van der Waals surface area contributed by atoms with Crippen LogP contribution in [-0.2, 0) is 9.59 Å². The van der Waals surface area contributed by atoms with Crippen molar-refractivity contribution < 1.29 is 9.59 Å². The third-order valence-electron chi connectivity index (χ3n) is 4.21. The van der Waals surface area contributed by atoms with Gasteiger partial charge in [-0.3, -0.25) is 9.59 Å². The molecule has 2 amide bonds. The average Bonchev–Trinajstić information content (AvgIpc) is 3.08. The van der Waals surface area contributed by atoms with Crippen LogP contribution in [0.15, 0.2) is 59.2 Å². The zero-order chi connectivity index (χ0) is 16.0. The van der Waals surface area contributed by atoms with Crippen molar-refractivity contribution in [1.29, 1.82) is 0 Å². The molecule has 23 heavy (non-hydrogen) atoms. The molecule has 0 aliphatic carbocycles. The lowest BCUT2D eigenvalue weighted by Gasteiger charge is -2.15. The number of para-hydroxylation sites is 1. The second-order valence-electron chi connectivity index (χ2n) is 5.59. The number of nitrogens with one attached hydrogen (secondary N) is 1. The average molecular weight is 369 g/mol. The molecule has 1 aliphatic heterocycles. The Kier molecular flexibility index (Phi) is 3.31. The number of fused-ring (bicyclic) bond motifs is 1. The number of halogens is 1. The van der Waals surface area contributed by atoms with Crippen LogP contribution in [0, 0.1) is 0 Å². The quantitative estimate of drug-likeness (QED) is 0.695. The molecule has 5 heteroatoms. The summed E-state index contributed by atoms with van der Waals surface area (Å²) >= 11 is 3.38. The maximum atomic E-state index is 12.8. The smallest absolute Gasteiger partial charge is 0.241 e. The van der Waals surface area contributed by atoms with Crippen molar-refractivity contribution >= 4 is 44.3 Å². The van der Waals surface area contributed by atoms with Gasteiger partial charge in [0.2, 0.25) is 11.8 Å². The first-order valence-electron chi connectivity index (χ1n) is 7.33. The van der Waals surface area contributed by atoms with Crippen molar-refractivity contribution in [1.82, 2.24) is 4.98 Å². The zero-order valence-electron chi connectivity index (χ0n) is 12.1. The number of aromatic amines is 1. The van der Waals surface area contributed by atoms with Crippen LogP contribution in [0.4, 0.5) is 5.69 Å². The molecular weight excluding hydrogens is 356 g/mol. The van der Waals surface area contributed by atoms with Gasteiger partial charge in [0.1, 0.15) is 0 Å². The summed E-state index contributed by atoms with van der Waals surface area (Å²) in [7, 11) is 0. The first kappa shape index (κ1) is 14.2. The van der Waals surface area contributed by atoms with Crippen molar-refractivity contribution in [2.24, 2.45) is 0 Å². The highest BCUT2D eigenvalue weighted by Gasteiger charge is 2.41. The van der Waals surface area contributed by atoms with Crippen LogP contribution in [0.5, 0.6) is 0 Å². The summed E-state index contributed by atoms with van der Waals surface area (Å²) in [5, 5.41) is 0.995. The fraction of sp³-hybridized carbons (Fsp3) is 0.111. The van der Waals surface area contributed by atoms with E-state index < -0.39 is 5.92 Å². The van der Waals surface area contributed by atoms with Gasteiger partial charge >= 0.3 is 0 Å². The van der Waals surface area contributed by atoms with Crippen LogP contribution >= 0.6 is 15.9 Å². The summed E-state index contributed by atoms with van der Waals surface area (Å²) < 4.78 is 0.839. The highest BCUT2D eigenvalue weighted by Crippen LogP contribution is 2.36. The van der Waals surface area contributed by atoms with Gasteiger partial charge in [-0.25, -0.2) is 4.90 Å². The van der Waals surface area contributed by atoms with E-state index in [1.165, 1.54) is 4.90 Å². The number of amides is 2. The number of carbonyl (C=O) groups is 2. The predicted octanol–water partition coefficient (Wildman–Crippen LogP) is 3.98. The van der Waals surface area contributed by atoms with Crippen molar-refractivity contribution in [3.63, 3.8) is 0 Å². The molecule has 1 N–H and O–H groups in total. The monoisotopic (exact) mass is 368 g/mol. The molecule has 1 aliphatic rings. The van der Waals surface area contributed by atoms with Crippen LogP contribution in [0.1, 0.15) is 17.9 Å². The Labute approximate surface area is 141 Å². The van der Waals surface area contributed by atoms with E-state index in [0.29, 0.717) is 5.69 Å². The van der Waals surface area contributed by atoms with Gasteiger partial charge in [-0.1, -0.05) is 40.2 Å². The number of imide groups is 1.